The highest BCUT2D eigenvalue weighted by atomic mass is 79.9. The van der Waals surface area contributed by atoms with Gasteiger partial charge in [0.05, 0.1) is 19.3 Å². The molecule has 0 amide bonds. The summed E-state index contributed by atoms with van der Waals surface area (Å²) < 4.78 is 4.24. The molecule has 0 saturated carbocycles. The highest BCUT2D eigenvalue weighted by Crippen LogP contribution is 2.33. The first-order valence-electron chi connectivity index (χ1n) is 8.42. The Balaban J connectivity index is 1.94. The first kappa shape index (κ1) is 18.9. The van der Waals surface area contributed by atoms with Gasteiger partial charge in [-0.3, -0.25) is 0 Å². The fraction of sp³-hybridized carbons (Fsp3) is 0.368. The van der Waals surface area contributed by atoms with Gasteiger partial charge in [0.1, 0.15) is 0 Å². The van der Waals surface area contributed by atoms with Crippen molar-refractivity contribution in [3.05, 3.63) is 45.3 Å². The molecule has 3 N–H and O–H groups in total. The number of nitrogens with zero attached hydrogens (tertiary/aromatic N) is 1. The third kappa shape index (κ3) is 4.09. The lowest BCUT2D eigenvalue weighted by molar-refractivity contribution is 0.141. The van der Waals surface area contributed by atoms with Gasteiger partial charge in [-0.25, -0.2) is 0 Å². The summed E-state index contributed by atoms with van der Waals surface area (Å²) in [4.78, 5) is 0. The number of aliphatic hydroxyl groups excluding tert-OH is 2. The van der Waals surface area contributed by atoms with Crippen molar-refractivity contribution >= 4 is 53.7 Å². The zero-order valence-corrected chi connectivity index (χ0v) is 17.2. The van der Waals surface area contributed by atoms with Gasteiger partial charge >= 0.3 is 0 Å². The first-order valence-corrected chi connectivity index (χ1v) is 10.0. The van der Waals surface area contributed by atoms with Crippen LogP contribution in [0.5, 0.6) is 0 Å². The molecule has 3 aromatic rings. The average Bonchev–Trinajstić information content (AvgIpc) is 2.88. The summed E-state index contributed by atoms with van der Waals surface area (Å²) in [6, 6.07) is 12.5. The van der Waals surface area contributed by atoms with Crippen LogP contribution in [-0.4, -0.2) is 40.1 Å². The third-order valence-electron chi connectivity index (χ3n) is 4.54. The van der Waals surface area contributed by atoms with Crippen molar-refractivity contribution < 1.29 is 10.2 Å². The van der Waals surface area contributed by atoms with Gasteiger partial charge < -0.3 is 20.1 Å². The predicted octanol–water partition coefficient (Wildman–Crippen LogP) is 4.04. The molecule has 0 fully saturated rings. The van der Waals surface area contributed by atoms with E-state index in [0.717, 1.165) is 37.2 Å². The minimum Gasteiger partial charge on any atom is -0.395 e. The van der Waals surface area contributed by atoms with Crippen LogP contribution in [0.2, 0.25) is 0 Å². The van der Waals surface area contributed by atoms with Gasteiger partial charge in [-0.05, 0) is 42.8 Å². The molecule has 4 nitrogen and oxygen atoms in total. The van der Waals surface area contributed by atoms with Crippen LogP contribution in [-0.2, 0) is 6.54 Å². The standard InChI is InChI=1S/C19H22Br2N2O2/c1-2-14(11-24)22-9-15(25)10-23-18-5-3-12(20)7-16(18)17-8-13(21)4-6-19(17)23/h3-8,14-15,22,24-25H,2,9-11H2,1H3. The predicted molar refractivity (Wildman–Crippen MR) is 110 cm³/mol. The van der Waals surface area contributed by atoms with E-state index in [-0.39, 0.29) is 12.6 Å². The lowest BCUT2D eigenvalue weighted by Crippen LogP contribution is -2.38. The van der Waals surface area contributed by atoms with Gasteiger partial charge in [0.15, 0.2) is 0 Å². The molecule has 0 aliphatic carbocycles. The Hall–Kier alpha value is -0.920. The Labute approximate surface area is 164 Å². The van der Waals surface area contributed by atoms with E-state index in [9.17, 15) is 10.2 Å². The van der Waals surface area contributed by atoms with E-state index in [4.69, 9.17) is 0 Å². The van der Waals surface area contributed by atoms with Crippen molar-refractivity contribution in [3.8, 4) is 0 Å². The molecule has 134 valence electrons. The van der Waals surface area contributed by atoms with Crippen LogP contribution in [0.15, 0.2) is 45.3 Å². The largest absolute Gasteiger partial charge is 0.395 e. The minimum atomic E-state index is -0.535. The van der Waals surface area contributed by atoms with Crippen molar-refractivity contribution in [3.63, 3.8) is 0 Å². The van der Waals surface area contributed by atoms with Crippen molar-refractivity contribution in [2.24, 2.45) is 0 Å². The molecule has 0 bridgehead atoms. The van der Waals surface area contributed by atoms with E-state index in [1.54, 1.807) is 0 Å². The van der Waals surface area contributed by atoms with Crippen LogP contribution >= 0.6 is 31.9 Å². The zero-order valence-electron chi connectivity index (χ0n) is 14.0. The van der Waals surface area contributed by atoms with Gasteiger partial charge in [0.2, 0.25) is 0 Å². The molecule has 25 heavy (non-hydrogen) atoms. The molecular formula is C19H22Br2N2O2. The first-order chi connectivity index (χ1) is 12.0. The Bertz CT molecular complexity index is 815. The summed E-state index contributed by atoms with van der Waals surface area (Å²) in [6.07, 6.45) is 0.299. The number of nitrogens with one attached hydrogen (secondary N) is 1. The molecule has 0 aliphatic heterocycles. The number of fused-ring (bicyclic) bond motifs is 3. The monoisotopic (exact) mass is 468 g/mol. The van der Waals surface area contributed by atoms with Crippen molar-refractivity contribution in [2.75, 3.05) is 13.2 Å². The van der Waals surface area contributed by atoms with Gasteiger partial charge in [-0.2, -0.15) is 0 Å². The fourth-order valence-corrected chi connectivity index (χ4v) is 3.88. The van der Waals surface area contributed by atoms with Gasteiger partial charge in [-0.1, -0.05) is 38.8 Å². The van der Waals surface area contributed by atoms with Crippen LogP contribution in [0.1, 0.15) is 13.3 Å². The number of hydrogen-bond donors (Lipinski definition) is 3. The molecule has 6 heteroatoms. The van der Waals surface area contributed by atoms with E-state index in [1.807, 2.05) is 19.1 Å². The number of benzene rings is 2. The Morgan fingerprint density at radius 3 is 2.08 bits per heavy atom. The maximum absolute atomic E-state index is 10.5. The lowest BCUT2D eigenvalue weighted by Gasteiger charge is -2.19. The van der Waals surface area contributed by atoms with Crippen LogP contribution < -0.4 is 5.32 Å². The SMILES string of the molecule is CCC(CO)NCC(O)Cn1c2ccc(Br)cc2c2cc(Br)ccc21. The van der Waals surface area contributed by atoms with Crippen molar-refractivity contribution in [1.82, 2.24) is 9.88 Å². The second-order valence-corrected chi connectivity index (χ2v) is 8.11. The van der Waals surface area contributed by atoms with Crippen molar-refractivity contribution in [2.45, 2.75) is 32.0 Å². The maximum atomic E-state index is 10.5. The zero-order chi connectivity index (χ0) is 18.0. The molecule has 3 rings (SSSR count). The summed E-state index contributed by atoms with van der Waals surface area (Å²) in [5.74, 6) is 0. The molecule has 2 aromatic carbocycles. The lowest BCUT2D eigenvalue weighted by atomic mass is 10.2. The highest BCUT2D eigenvalue weighted by Gasteiger charge is 2.15. The summed E-state index contributed by atoms with van der Waals surface area (Å²) in [7, 11) is 0. The fourth-order valence-electron chi connectivity index (χ4n) is 3.16. The van der Waals surface area contributed by atoms with Crippen molar-refractivity contribution in [1.29, 1.82) is 0 Å². The van der Waals surface area contributed by atoms with Crippen LogP contribution in [0.25, 0.3) is 21.8 Å². The molecule has 0 aliphatic rings. The van der Waals surface area contributed by atoms with Gasteiger partial charge in [0, 0.05) is 43.3 Å². The van der Waals surface area contributed by atoms with E-state index in [0.29, 0.717) is 13.1 Å². The average molecular weight is 470 g/mol. The van der Waals surface area contributed by atoms with E-state index in [2.05, 4.69) is 66.0 Å². The molecule has 1 aromatic heterocycles. The van der Waals surface area contributed by atoms with Crippen LogP contribution in [0.3, 0.4) is 0 Å². The second-order valence-electron chi connectivity index (χ2n) is 6.28. The number of rotatable bonds is 7. The van der Waals surface area contributed by atoms with Crippen LogP contribution in [0.4, 0.5) is 0 Å². The summed E-state index contributed by atoms with van der Waals surface area (Å²) in [5, 5.41) is 25.3. The van der Waals surface area contributed by atoms with Crippen LogP contribution in [0, 0.1) is 0 Å². The summed E-state index contributed by atoms with van der Waals surface area (Å²) in [6.45, 7) is 3.05. The molecule has 1 heterocycles. The number of hydrogen-bond acceptors (Lipinski definition) is 3. The quantitative estimate of drug-likeness (QED) is 0.489. The summed E-state index contributed by atoms with van der Waals surface area (Å²) >= 11 is 7.10. The maximum Gasteiger partial charge on any atom is 0.0843 e. The smallest absolute Gasteiger partial charge is 0.0843 e. The van der Waals surface area contributed by atoms with E-state index in [1.165, 1.54) is 0 Å². The number of aliphatic hydroxyl groups is 2. The third-order valence-corrected chi connectivity index (χ3v) is 5.52. The molecule has 0 spiro atoms. The van der Waals surface area contributed by atoms with E-state index < -0.39 is 6.10 Å². The highest BCUT2D eigenvalue weighted by molar-refractivity contribution is 9.10. The number of halogens is 2. The van der Waals surface area contributed by atoms with Gasteiger partial charge in [0.25, 0.3) is 0 Å². The second kappa shape index (κ2) is 8.18. The molecule has 2 atom stereocenters. The van der Waals surface area contributed by atoms with E-state index >= 15 is 0 Å². The van der Waals surface area contributed by atoms with Gasteiger partial charge in [-0.15, -0.1) is 0 Å². The Kier molecular flexibility index (Phi) is 6.17. The molecule has 0 radical (unpaired) electrons. The summed E-state index contributed by atoms with van der Waals surface area (Å²) in [5.41, 5.74) is 2.20. The molecule has 0 saturated heterocycles. The molecule has 2 unspecified atom stereocenters. The number of aromatic nitrogens is 1. The topological polar surface area (TPSA) is 57.4 Å². The molecular weight excluding hydrogens is 448 g/mol. The normalized spacial score (nSPS) is 14.3. The Morgan fingerprint density at radius 1 is 1.04 bits per heavy atom. The minimum absolute atomic E-state index is 0.0275. The Morgan fingerprint density at radius 2 is 1.60 bits per heavy atom.